The molecule has 0 saturated carbocycles. The summed E-state index contributed by atoms with van der Waals surface area (Å²) in [6.45, 7) is 2.84. The first-order valence-corrected chi connectivity index (χ1v) is 11.9. The average molecular weight is 461 g/mol. The van der Waals surface area contributed by atoms with Crippen molar-refractivity contribution in [3.8, 4) is 17.0 Å². The highest BCUT2D eigenvalue weighted by Crippen LogP contribution is 2.30. The Morgan fingerprint density at radius 3 is 2.68 bits per heavy atom. The van der Waals surface area contributed by atoms with Gasteiger partial charge in [0.1, 0.15) is 30.0 Å². The van der Waals surface area contributed by atoms with Crippen molar-refractivity contribution < 1.29 is 18.8 Å². The van der Waals surface area contributed by atoms with Crippen LogP contribution in [0, 0.1) is 11.7 Å². The number of benzene rings is 3. The minimum Gasteiger partial charge on any atom is -0.491 e. The van der Waals surface area contributed by atoms with Crippen molar-refractivity contribution in [3.05, 3.63) is 84.2 Å². The summed E-state index contributed by atoms with van der Waals surface area (Å²) in [5.41, 5.74) is 3.27. The summed E-state index contributed by atoms with van der Waals surface area (Å²) in [5, 5.41) is 15.4. The largest absolute Gasteiger partial charge is 0.491 e. The van der Waals surface area contributed by atoms with Crippen LogP contribution in [-0.2, 0) is 6.42 Å². The van der Waals surface area contributed by atoms with Crippen LogP contribution in [0.15, 0.2) is 77.3 Å². The predicted octanol–water partition coefficient (Wildman–Crippen LogP) is 5.33. The lowest BCUT2D eigenvalue weighted by molar-refractivity contribution is 0.0551. The van der Waals surface area contributed by atoms with Gasteiger partial charge >= 0.3 is 0 Å². The summed E-state index contributed by atoms with van der Waals surface area (Å²) in [4.78, 5) is 2.33. The predicted molar refractivity (Wildman–Crippen MR) is 130 cm³/mol. The number of rotatable bonds is 8. The van der Waals surface area contributed by atoms with Crippen LogP contribution in [0.4, 0.5) is 4.39 Å². The number of piperidine rings is 1. The molecule has 2 heterocycles. The molecule has 1 aliphatic heterocycles. The topological polar surface area (TPSA) is 58.7 Å². The second kappa shape index (κ2) is 10.4. The number of fused-ring (bicyclic) bond motifs is 1. The van der Waals surface area contributed by atoms with Gasteiger partial charge in [-0.25, -0.2) is 4.39 Å². The zero-order chi connectivity index (χ0) is 23.3. The number of β-amino-alcohol motifs (C(OH)–C–C–N with tert-alkyl or cyclic N) is 1. The highest BCUT2D eigenvalue weighted by molar-refractivity contribution is 5.91. The third-order valence-corrected chi connectivity index (χ3v) is 6.53. The van der Waals surface area contributed by atoms with Crippen molar-refractivity contribution in [2.45, 2.75) is 25.4 Å². The second-order valence-electron chi connectivity index (χ2n) is 9.10. The van der Waals surface area contributed by atoms with Gasteiger partial charge in [-0.3, -0.25) is 0 Å². The monoisotopic (exact) mass is 460 g/mol. The summed E-state index contributed by atoms with van der Waals surface area (Å²) in [6.07, 6.45) is 2.87. The molecular formula is C28H29FN2O3. The molecule has 0 bridgehead atoms. The Labute approximate surface area is 198 Å². The van der Waals surface area contributed by atoms with Crippen LogP contribution in [-0.4, -0.2) is 47.5 Å². The molecule has 6 heteroatoms. The van der Waals surface area contributed by atoms with E-state index >= 15 is 0 Å². The van der Waals surface area contributed by atoms with Gasteiger partial charge in [-0.2, -0.15) is 0 Å². The molecular weight excluding hydrogens is 431 g/mol. The van der Waals surface area contributed by atoms with Gasteiger partial charge in [0.05, 0.1) is 0 Å². The number of halogens is 1. The average Bonchev–Trinajstić information content (AvgIpc) is 3.28. The fourth-order valence-corrected chi connectivity index (χ4v) is 4.72. The van der Waals surface area contributed by atoms with E-state index in [4.69, 9.17) is 9.26 Å². The number of likely N-dealkylation sites (tertiary alicyclic amines) is 1. The van der Waals surface area contributed by atoms with E-state index in [-0.39, 0.29) is 12.4 Å². The highest BCUT2D eigenvalue weighted by atomic mass is 19.1. The van der Waals surface area contributed by atoms with Crippen molar-refractivity contribution in [2.24, 2.45) is 5.92 Å². The molecule has 0 aliphatic carbocycles. The quantitative estimate of drug-likeness (QED) is 0.385. The van der Waals surface area contributed by atoms with Gasteiger partial charge in [-0.15, -0.1) is 0 Å². The van der Waals surface area contributed by atoms with Crippen LogP contribution in [0.2, 0.25) is 0 Å². The third-order valence-electron chi connectivity index (χ3n) is 6.53. The number of hydrogen-bond donors (Lipinski definition) is 1. The molecule has 1 atom stereocenters. The van der Waals surface area contributed by atoms with E-state index in [1.165, 1.54) is 17.7 Å². The molecule has 0 spiro atoms. The molecule has 5 rings (SSSR count). The zero-order valence-corrected chi connectivity index (χ0v) is 19.1. The molecule has 3 aromatic carbocycles. The second-order valence-corrected chi connectivity index (χ2v) is 9.10. The molecule has 1 unspecified atom stereocenters. The van der Waals surface area contributed by atoms with Gasteiger partial charge in [0.2, 0.25) is 0 Å². The Bertz CT molecular complexity index is 1220. The van der Waals surface area contributed by atoms with E-state index in [0.29, 0.717) is 29.5 Å². The summed E-state index contributed by atoms with van der Waals surface area (Å²) in [5.74, 6) is 0.997. The molecule has 1 aromatic heterocycles. The van der Waals surface area contributed by atoms with Crippen molar-refractivity contribution in [2.75, 3.05) is 26.2 Å². The number of nitrogens with zero attached hydrogens (tertiary/aromatic N) is 2. The van der Waals surface area contributed by atoms with E-state index < -0.39 is 6.10 Å². The maximum Gasteiger partial charge on any atom is 0.170 e. The summed E-state index contributed by atoms with van der Waals surface area (Å²) < 4.78 is 24.6. The molecule has 5 nitrogen and oxygen atoms in total. The van der Waals surface area contributed by atoms with Gasteiger partial charge < -0.3 is 19.3 Å². The van der Waals surface area contributed by atoms with Crippen molar-refractivity contribution in [1.29, 1.82) is 0 Å². The SMILES string of the molecule is OC(COc1cccc(-c2noc3cc(F)ccc23)c1)CN1CCC(Cc2ccccc2)CC1. The van der Waals surface area contributed by atoms with Crippen LogP contribution in [0.1, 0.15) is 18.4 Å². The molecule has 176 valence electrons. The maximum atomic E-state index is 13.4. The Morgan fingerprint density at radius 1 is 1.03 bits per heavy atom. The Kier molecular flexibility index (Phi) is 6.88. The van der Waals surface area contributed by atoms with Crippen LogP contribution < -0.4 is 4.74 Å². The maximum absolute atomic E-state index is 13.4. The van der Waals surface area contributed by atoms with Gasteiger partial charge in [0.25, 0.3) is 0 Å². The van der Waals surface area contributed by atoms with Gasteiger partial charge in [-0.1, -0.05) is 47.6 Å². The Morgan fingerprint density at radius 2 is 1.85 bits per heavy atom. The van der Waals surface area contributed by atoms with Crippen LogP contribution in [0.3, 0.4) is 0 Å². The van der Waals surface area contributed by atoms with E-state index in [0.717, 1.165) is 43.3 Å². The fourth-order valence-electron chi connectivity index (χ4n) is 4.72. The van der Waals surface area contributed by atoms with Crippen molar-refractivity contribution >= 4 is 11.0 Å². The molecule has 1 N–H and O–H groups in total. The van der Waals surface area contributed by atoms with Crippen molar-refractivity contribution in [3.63, 3.8) is 0 Å². The third kappa shape index (κ3) is 5.46. The summed E-state index contributed by atoms with van der Waals surface area (Å²) >= 11 is 0. The Hall–Kier alpha value is -3.22. The molecule has 1 fully saturated rings. The first kappa shape index (κ1) is 22.6. The van der Waals surface area contributed by atoms with Crippen LogP contribution >= 0.6 is 0 Å². The zero-order valence-electron chi connectivity index (χ0n) is 19.1. The van der Waals surface area contributed by atoms with Gasteiger partial charge in [0, 0.05) is 23.6 Å². The highest BCUT2D eigenvalue weighted by Gasteiger charge is 2.21. The summed E-state index contributed by atoms with van der Waals surface area (Å²) in [7, 11) is 0. The number of ether oxygens (including phenoxy) is 1. The first-order valence-electron chi connectivity index (χ1n) is 11.9. The molecule has 4 aromatic rings. The normalized spacial score (nSPS) is 16.1. The lowest BCUT2D eigenvalue weighted by Crippen LogP contribution is -2.41. The van der Waals surface area contributed by atoms with E-state index in [9.17, 15) is 9.50 Å². The van der Waals surface area contributed by atoms with Crippen LogP contribution in [0.5, 0.6) is 5.75 Å². The smallest absolute Gasteiger partial charge is 0.170 e. The molecule has 0 radical (unpaired) electrons. The Balaban J connectivity index is 1.12. The van der Waals surface area contributed by atoms with E-state index in [1.54, 1.807) is 6.07 Å². The minimum absolute atomic E-state index is 0.220. The summed E-state index contributed by atoms with van der Waals surface area (Å²) in [6, 6.07) is 22.5. The lowest BCUT2D eigenvalue weighted by atomic mass is 9.90. The number of hydrogen-bond acceptors (Lipinski definition) is 5. The lowest BCUT2D eigenvalue weighted by Gasteiger charge is -2.33. The standard InChI is InChI=1S/C28H29FN2O3/c29-23-9-10-26-27(17-23)34-30-28(26)22-7-4-8-25(16-22)33-19-24(32)18-31-13-11-21(12-14-31)15-20-5-2-1-3-6-20/h1-10,16-17,21,24,32H,11-15,18-19H2. The van der Waals surface area contributed by atoms with Gasteiger partial charge in [-0.05, 0) is 68.1 Å². The van der Waals surface area contributed by atoms with Crippen molar-refractivity contribution in [1.82, 2.24) is 10.1 Å². The van der Waals surface area contributed by atoms with Crippen LogP contribution in [0.25, 0.3) is 22.2 Å². The number of aliphatic hydroxyl groups is 1. The number of aromatic nitrogens is 1. The minimum atomic E-state index is -0.565. The fraction of sp³-hybridized carbons (Fsp3) is 0.321. The van der Waals surface area contributed by atoms with E-state index in [1.807, 2.05) is 24.3 Å². The first-order chi connectivity index (χ1) is 16.6. The molecule has 0 amide bonds. The van der Waals surface area contributed by atoms with Gasteiger partial charge in [0.15, 0.2) is 5.58 Å². The molecule has 1 saturated heterocycles. The number of aliphatic hydroxyl groups excluding tert-OH is 1. The van der Waals surface area contributed by atoms with E-state index in [2.05, 4.69) is 40.4 Å². The molecule has 34 heavy (non-hydrogen) atoms. The molecule has 1 aliphatic rings.